The molecule has 1 N–H and O–H groups in total. The molecular weight excluding hydrogens is 508 g/mol. The molecule has 7 heteroatoms. The number of nitrogens with one attached hydrogen (secondary N) is 1. The maximum atomic E-state index is 6.48. The number of halogens is 1. The molecule has 3 heterocycles. The van der Waals surface area contributed by atoms with Crippen molar-refractivity contribution in [2.24, 2.45) is 0 Å². The van der Waals surface area contributed by atoms with Crippen molar-refractivity contribution in [2.75, 3.05) is 23.9 Å². The number of hydrogen-bond donors (Lipinski definition) is 1. The summed E-state index contributed by atoms with van der Waals surface area (Å²) in [6.07, 6.45) is 1.81. The predicted molar refractivity (Wildman–Crippen MR) is 145 cm³/mol. The molecule has 2 aromatic carbocycles. The van der Waals surface area contributed by atoms with Gasteiger partial charge in [-0.3, -0.25) is 4.98 Å². The number of furan rings is 1. The van der Waals surface area contributed by atoms with Gasteiger partial charge < -0.3 is 19.5 Å². The van der Waals surface area contributed by atoms with Gasteiger partial charge in [0.1, 0.15) is 17.6 Å². The predicted octanol–water partition coefficient (Wildman–Crippen LogP) is 6.66. The fourth-order valence-electron chi connectivity index (χ4n) is 4.31. The quantitative estimate of drug-likeness (QED) is 0.290. The highest BCUT2D eigenvalue weighted by molar-refractivity contribution is 9.10. The molecule has 0 spiro atoms. The number of aryl methyl sites for hydroxylation is 1. The Hall–Kier alpha value is -3.16. The van der Waals surface area contributed by atoms with Crippen LogP contribution in [0.25, 0.3) is 11.3 Å². The largest absolute Gasteiger partial charge is 0.459 e. The van der Waals surface area contributed by atoms with E-state index in [9.17, 15) is 0 Å². The number of anilines is 2. The van der Waals surface area contributed by atoms with Crippen molar-refractivity contribution >= 4 is 44.6 Å². The summed E-state index contributed by atoms with van der Waals surface area (Å²) in [6.45, 7) is 2.07. The molecule has 0 saturated carbocycles. The number of hydrogen-bond acceptors (Lipinski definition) is 4. The minimum atomic E-state index is -0.189. The van der Waals surface area contributed by atoms with Crippen LogP contribution in [-0.2, 0) is 0 Å². The summed E-state index contributed by atoms with van der Waals surface area (Å²) in [5, 5.41) is 4.13. The van der Waals surface area contributed by atoms with Gasteiger partial charge in [-0.15, -0.1) is 0 Å². The van der Waals surface area contributed by atoms with Gasteiger partial charge in [0.25, 0.3) is 0 Å². The van der Waals surface area contributed by atoms with Gasteiger partial charge in [0.15, 0.2) is 5.11 Å². The second-order valence-corrected chi connectivity index (χ2v) is 9.83. The van der Waals surface area contributed by atoms with Crippen LogP contribution in [0.3, 0.4) is 0 Å². The Morgan fingerprint density at radius 3 is 2.50 bits per heavy atom. The highest BCUT2D eigenvalue weighted by atomic mass is 79.9. The van der Waals surface area contributed by atoms with Gasteiger partial charge in [-0.25, -0.2) is 0 Å². The van der Waals surface area contributed by atoms with Crippen LogP contribution in [0.15, 0.2) is 87.9 Å². The van der Waals surface area contributed by atoms with Gasteiger partial charge in [0.05, 0.1) is 11.7 Å². The zero-order chi connectivity index (χ0) is 23.8. The van der Waals surface area contributed by atoms with Gasteiger partial charge in [-0.1, -0.05) is 28.1 Å². The van der Waals surface area contributed by atoms with Crippen molar-refractivity contribution in [1.82, 2.24) is 10.3 Å². The molecule has 5 rings (SSSR count). The molecule has 2 atom stereocenters. The standard InChI is InChI=1S/C27H25BrN4OS/c1-17-7-12-20(21(28)16-17)23-13-14-24(33-23)26-25(22-6-4-5-15-29-22)30-27(34)32(26)19-10-8-18(9-11-19)31(2)3/h4-16,25-26H,1-3H3,(H,30,34)/t25-,26+/m1/s1. The second kappa shape index (κ2) is 9.24. The minimum absolute atomic E-state index is 0.150. The summed E-state index contributed by atoms with van der Waals surface area (Å²) >= 11 is 9.51. The van der Waals surface area contributed by atoms with Crippen LogP contribution in [-0.4, -0.2) is 24.2 Å². The van der Waals surface area contributed by atoms with Crippen molar-refractivity contribution < 1.29 is 4.42 Å². The summed E-state index contributed by atoms with van der Waals surface area (Å²) in [5.41, 5.74) is 5.25. The Bertz CT molecular complexity index is 1320. The lowest BCUT2D eigenvalue weighted by Gasteiger charge is -2.26. The Kier molecular flexibility index (Phi) is 6.15. The lowest BCUT2D eigenvalue weighted by Crippen LogP contribution is -2.29. The normalized spacial score (nSPS) is 17.6. The summed E-state index contributed by atoms with van der Waals surface area (Å²) in [6, 6.07) is 24.3. The SMILES string of the molecule is Cc1ccc(-c2ccc([C@H]3[C@@H](c4ccccn4)NC(=S)N3c3ccc(N(C)C)cc3)o2)c(Br)c1. The molecule has 1 aliphatic rings. The van der Waals surface area contributed by atoms with E-state index in [-0.39, 0.29) is 12.1 Å². The fraction of sp³-hybridized carbons (Fsp3) is 0.185. The first-order chi connectivity index (χ1) is 16.4. The van der Waals surface area contributed by atoms with Crippen LogP contribution >= 0.6 is 28.1 Å². The van der Waals surface area contributed by atoms with Gasteiger partial charge in [0.2, 0.25) is 0 Å². The topological polar surface area (TPSA) is 44.5 Å². The molecule has 2 aromatic heterocycles. The number of aromatic nitrogens is 1. The van der Waals surface area contributed by atoms with Gasteiger partial charge in [-0.05, 0) is 85.4 Å². The summed E-state index contributed by atoms with van der Waals surface area (Å²) in [7, 11) is 4.06. The number of benzene rings is 2. The third-order valence-electron chi connectivity index (χ3n) is 6.05. The molecule has 1 fully saturated rings. The van der Waals surface area contributed by atoms with E-state index in [1.807, 2.05) is 50.6 Å². The molecule has 0 aliphatic carbocycles. The van der Waals surface area contributed by atoms with Gasteiger partial charge in [0, 0.05) is 41.7 Å². The van der Waals surface area contributed by atoms with Crippen molar-refractivity contribution in [3.05, 3.63) is 100 Å². The minimum Gasteiger partial charge on any atom is -0.459 e. The van der Waals surface area contributed by atoms with E-state index in [0.29, 0.717) is 5.11 Å². The molecule has 4 aromatic rings. The second-order valence-electron chi connectivity index (χ2n) is 8.59. The lowest BCUT2D eigenvalue weighted by atomic mass is 10.0. The number of nitrogens with zero attached hydrogens (tertiary/aromatic N) is 3. The summed E-state index contributed by atoms with van der Waals surface area (Å²) < 4.78 is 7.49. The molecule has 0 bridgehead atoms. The lowest BCUT2D eigenvalue weighted by molar-refractivity contribution is 0.439. The molecule has 1 saturated heterocycles. The van der Waals surface area contributed by atoms with Crippen molar-refractivity contribution in [2.45, 2.75) is 19.0 Å². The molecular formula is C27H25BrN4OS. The van der Waals surface area contributed by atoms with Crippen molar-refractivity contribution in [3.8, 4) is 11.3 Å². The molecule has 34 heavy (non-hydrogen) atoms. The van der Waals surface area contributed by atoms with Crippen molar-refractivity contribution in [3.63, 3.8) is 0 Å². The molecule has 172 valence electrons. The van der Waals surface area contributed by atoms with E-state index in [1.54, 1.807) is 0 Å². The first-order valence-electron chi connectivity index (χ1n) is 11.1. The highest BCUT2D eigenvalue weighted by Crippen LogP contribution is 2.43. The summed E-state index contributed by atoms with van der Waals surface area (Å²) in [5.74, 6) is 1.63. The van der Waals surface area contributed by atoms with E-state index in [0.717, 1.165) is 38.6 Å². The molecule has 0 unspecified atom stereocenters. The average molecular weight is 533 g/mol. The van der Waals surface area contributed by atoms with Crippen LogP contribution in [0.4, 0.5) is 11.4 Å². The maximum Gasteiger partial charge on any atom is 0.174 e. The Labute approximate surface area is 213 Å². The number of rotatable bonds is 5. The smallest absolute Gasteiger partial charge is 0.174 e. The van der Waals surface area contributed by atoms with E-state index in [4.69, 9.17) is 16.6 Å². The maximum absolute atomic E-state index is 6.48. The van der Waals surface area contributed by atoms with Crippen LogP contribution in [0.1, 0.15) is 29.1 Å². The third kappa shape index (κ3) is 4.21. The molecule has 0 radical (unpaired) electrons. The Morgan fingerprint density at radius 1 is 1.03 bits per heavy atom. The van der Waals surface area contributed by atoms with E-state index in [2.05, 4.69) is 85.4 Å². The molecule has 5 nitrogen and oxygen atoms in total. The first-order valence-corrected chi connectivity index (χ1v) is 12.3. The highest BCUT2D eigenvalue weighted by Gasteiger charge is 2.42. The van der Waals surface area contributed by atoms with E-state index < -0.39 is 0 Å². The van der Waals surface area contributed by atoms with Crippen LogP contribution < -0.4 is 15.1 Å². The monoisotopic (exact) mass is 532 g/mol. The molecule has 0 amide bonds. The van der Waals surface area contributed by atoms with Gasteiger partial charge in [-0.2, -0.15) is 0 Å². The van der Waals surface area contributed by atoms with E-state index in [1.165, 1.54) is 5.56 Å². The van der Waals surface area contributed by atoms with Crippen LogP contribution in [0.5, 0.6) is 0 Å². The Morgan fingerprint density at radius 2 is 1.82 bits per heavy atom. The average Bonchev–Trinajstić information content (AvgIpc) is 3.44. The van der Waals surface area contributed by atoms with Gasteiger partial charge >= 0.3 is 0 Å². The number of thiocarbonyl (C=S) groups is 1. The Balaban J connectivity index is 1.58. The summed E-state index contributed by atoms with van der Waals surface area (Å²) in [4.78, 5) is 8.83. The van der Waals surface area contributed by atoms with Crippen LogP contribution in [0.2, 0.25) is 0 Å². The number of pyridine rings is 1. The molecule has 1 aliphatic heterocycles. The first kappa shape index (κ1) is 22.6. The zero-order valence-electron chi connectivity index (χ0n) is 19.2. The van der Waals surface area contributed by atoms with E-state index >= 15 is 0 Å². The zero-order valence-corrected chi connectivity index (χ0v) is 21.6. The third-order valence-corrected chi connectivity index (χ3v) is 7.02. The van der Waals surface area contributed by atoms with Crippen LogP contribution in [0, 0.1) is 6.92 Å². The fourth-order valence-corrected chi connectivity index (χ4v) is 5.34. The van der Waals surface area contributed by atoms with Crippen molar-refractivity contribution in [1.29, 1.82) is 0 Å².